The molecule has 0 atom stereocenters. The summed E-state index contributed by atoms with van der Waals surface area (Å²) in [5, 5.41) is 3.77. The van der Waals surface area contributed by atoms with Gasteiger partial charge in [-0.05, 0) is 34.7 Å². The maximum atomic E-state index is 6.19. The van der Waals surface area contributed by atoms with Crippen molar-refractivity contribution in [1.82, 2.24) is 18.7 Å². The molecule has 0 aliphatic rings. The Bertz CT molecular complexity index is 716. The van der Waals surface area contributed by atoms with Crippen LogP contribution in [0.4, 0.5) is 11.5 Å². The van der Waals surface area contributed by atoms with Crippen LogP contribution < -0.4 is 5.32 Å². The van der Waals surface area contributed by atoms with Gasteiger partial charge in [0, 0.05) is 6.20 Å². The molecule has 0 spiro atoms. The fourth-order valence-corrected chi connectivity index (χ4v) is 2.65. The van der Waals surface area contributed by atoms with Gasteiger partial charge in [-0.25, -0.2) is 9.97 Å². The van der Waals surface area contributed by atoms with E-state index in [1.54, 1.807) is 12.3 Å². The Morgan fingerprint density at radius 3 is 3.00 bits per heavy atom. The Morgan fingerprint density at radius 2 is 2.17 bits per heavy atom. The lowest BCUT2D eigenvalue weighted by Gasteiger charge is -2.08. The molecule has 18 heavy (non-hydrogen) atoms. The quantitative estimate of drug-likeness (QED) is 0.680. The zero-order chi connectivity index (χ0) is 12.5. The first-order chi connectivity index (χ1) is 8.75. The third-order valence-electron chi connectivity index (χ3n) is 2.29. The Balaban J connectivity index is 2.12. The summed E-state index contributed by atoms with van der Waals surface area (Å²) in [6.07, 6.45) is 3.21. The Labute approximate surface area is 125 Å². The van der Waals surface area contributed by atoms with Gasteiger partial charge in [-0.2, -0.15) is 8.75 Å². The van der Waals surface area contributed by atoms with Crippen LogP contribution in [0.15, 0.2) is 24.7 Å². The third kappa shape index (κ3) is 2.13. The lowest BCUT2D eigenvalue weighted by atomic mass is 10.2. The van der Waals surface area contributed by atoms with Gasteiger partial charge in [0.1, 0.15) is 23.2 Å². The van der Waals surface area contributed by atoms with E-state index in [4.69, 9.17) is 11.6 Å². The Kier molecular flexibility index (Phi) is 3.27. The summed E-state index contributed by atoms with van der Waals surface area (Å²) in [4.78, 5) is 8.12. The minimum absolute atomic E-state index is 0.588. The summed E-state index contributed by atoms with van der Waals surface area (Å²) in [5.74, 6) is 0.702. The van der Waals surface area contributed by atoms with E-state index < -0.39 is 0 Å². The number of hydrogen-bond donors (Lipinski definition) is 1. The van der Waals surface area contributed by atoms with Crippen molar-refractivity contribution in [3.8, 4) is 0 Å². The molecule has 0 fully saturated rings. The van der Waals surface area contributed by atoms with Crippen molar-refractivity contribution in [2.24, 2.45) is 0 Å². The molecule has 1 N–H and O–H groups in total. The predicted molar refractivity (Wildman–Crippen MR) is 80.5 cm³/mol. The number of nitrogens with zero attached hydrogens (tertiary/aromatic N) is 4. The van der Waals surface area contributed by atoms with Crippen LogP contribution in [0.25, 0.3) is 11.0 Å². The van der Waals surface area contributed by atoms with Crippen molar-refractivity contribution >= 4 is 68.5 Å². The fraction of sp³-hybridized carbons (Fsp3) is 0. The zero-order valence-electron chi connectivity index (χ0n) is 8.76. The molecule has 2 aromatic heterocycles. The minimum Gasteiger partial charge on any atom is -0.336 e. The maximum Gasteiger partial charge on any atom is 0.147 e. The minimum atomic E-state index is 0.588. The molecule has 1 aromatic carbocycles. The van der Waals surface area contributed by atoms with Crippen molar-refractivity contribution in [2.45, 2.75) is 0 Å². The SMILES string of the molecule is Clc1ccc2nsnc2c1Nc1ncncc1I. The lowest BCUT2D eigenvalue weighted by molar-refractivity contribution is 1.15. The fourth-order valence-electron chi connectivity index (χ4n) is 1.47. The standard InChI is InChI=1S/C10H5ClIN5S/c11-5-1-2-7-9(17-18-16-7)8(5)15-10-6(12)3-13-4-14-10/h1-4H,(H,13,14,15). The average Bonchev–Trinajstić information content (AvgIpc) is 2.83. The summed E-state index contributed by atoms with van der Waals surface area (Å²) < 4.78 is 9.33. The third-order valence-corrected chi connectivity index (χ3v) is 3.94. The molecule has 0 saturated heterocycles. The first-order valence-corrected chi connectivity index (χ1v) is 7.07. The molecule has 0 aliphatic heterocycles. The van der Waals surface area contributed by atoms with Crippen LogP contribution >= 0.6 is 45.9 Å². The van der Waals surface area contributed by atoms with Crippen LogP contribution in [0.2, 0.25) is 5.02 Å². The Morgan fingerprint density at radius 1 is 1.28 bits per heavy atom. The monoisotopic (exact) mass is 389 g/mol. The normalized spacial score (nSPS) is 10.8. The first kappa shape index (κ1) is 12.0. The van der Waals surface area contributed by atoms with E-state index in [2.05, 4.69) is 46.6 Å². The molecule has 3 rings (SSSR count). The second kappa shape index (κ2) is 4.90. The number of rotatable bonds is 2. The molecule has 0 bridgehead atoms. The number of benzene rings is 1. The average molecular weight is 390 g/mol. The van der Waals surface area contributed by atoms with Crippen molar-refractivity contribution < 1.29 is 0 Å². The summed E-state index contributed by atoms with van der Waals surface area (Å²) >= 11 is 9.51. The molecule has 0 aliphatic carbocycles. The largest absolute Gasteiger partial charge is 0.336 e. The van der Waals surface area contributed by atoms with Gasteiger partial charge >= 0.3 is 0 Å². The summed E-state index contributed by atoms with van der Waals surface area (Å²) in [5.41, 5.74) is 2.29. The number of nitrogens with one attached hydrogen (secondary N) is 1. The molecule has 0 unspecified atom stereocenters. The van der Waals surface area contributed by atoms with Gasteiger partial charge < -0.3 is 5.32 Å². The van der Waals surface area contributed by atoms with E-state index in [-0.39, 0.29) is 0 Å². The van der Waals surface area contributed by atoms with Crippen LogP contribution in [0.5, 0.6) is 0 Å². The highest BCUT2D eigenvalue weighted by Crippen LogP contribution is 2.32. The van der Waals surface area contributed by atoms with Gasteiger partial charge in [0.2, 0.25) is 0 Å². The van der Waals surface area contributed by atoms with E-state index in [1.807, 2.05) is 6.07 Å². The molecule has 0 radical (unpaired) electrons. The van der Waals surface area contributed by atoms with Crippen molar-refractivity contribution in [1.29, 1.82) is 0 Å². The molecule has 0 saturated carbocycles. The van der Waals surface area contributed by atoms with E-state index in [9.17, 15) is 0 Å². The summed E-state index contributed by atoms with van der Waals surface area (Å²) in [6.45, 7) is 0. The number of aromatic nitrogens is 4. The van der Waals surface area contributed by atoms with Crippen LogP contribution in [-0.2, 0) is 0 Å². The summed E-state index contributed by atoms with van der Waals surface area (Å²) in [7, 11) is 0. The maximum absolute atomic E-state index is 6.19. The first-order valence-electron chi connectivity index (χ1n) is 4.89. The molecular formula is C10H5ClIN5S. The zero-order valence-corrected chi connectivity index (χ0v) is 12.5. The van der Waals surface area contributed by atoms with Crippen LogP contribution in [0.1, 0.15) is 0 Å². The number of anilines is 2. The molecule has 90 valence electrons. The highest BCUT2D eigenvalue weighted by Gasteiger charge is 2.11. The summed E-state index contributed by atoms with van der Waals surface area (Å²) in [6, 6.07) is 3.64. The van der Waals surface area contributed by atoms with Crippen molar-refractivity contribution in [3.05, 3.63) is 33.2 Å². The van der Waals surface area contributed by atoms with Crippen LogP contribution in [-0.4, -0.2) is 18.7 Å². The second-order valence-corrected chi connectivity index (χ2v) is 5.50. The van der Waals surface area contributed by atoms with Crippen LogP contribution in [0.3, 0.4) is 0 Å². The highest BCUT2D eigenvalue weighted by atomic mass is 127. The van der Waals surface area contributed by atoms with Crippen molar-refractivity contribution in [3.63, 3.8) is 0 Å². The van der Waals surface area contributed by atoms with Gasteiger partial charge in [0.15, 0.2) is 0 Å². The topological polar surface area (TPSA) is 63.6 Å². The lowest BCUT2D eigenvalue weighted by Crippen LogP contribution is -1.98. The van der Waals surface area contributed by atoms with Gasteiger partial charge in [-0.15, -0.1) is 0 Å². The number of fused-ring (bicyclic) bond motifs is 1. The van der Waals surface area contributed by atoms with Gasteiger partial charge in [0.05, 0.1) is 26.0 Å². The van der Waals surface area contributed by atoms with Gasteiger partial charge in [-0.1, -0.05) is 11.6 Å². The highest BCUT2D eigenvalue weighted by molar-refractivity contribution is 14.1. The van der Waals surface area contributed by atoms with Gasteiger partial charge in [-0.3, -0.25) is 0 Å². The molecular weight excluding hydrogens is 385 g/mol. The van der Waals surface area contributed by atoms with E-state index in [0.717, 1.165) is 32.0 Å². The van der Waals surface area contributed by atoms with Crippen LogP contribution in [0, 0.1) is 3.57 Å². The van der Waals surface area contributed by atoms with Crippen molar-refractivity contribution in [2.75, 3.05) is 5.32 Å². The molecule has 8 heteroatoms. The molecule has 5 nitrogen and oxygen atoms in total. The van der Waals surface area contributed by atoms with E-state index in [0.29, 0.717) is 10.8 Å². The molecule has 0 amide bonds. The van der Waals surface area contributed by atoms with E-state index >= 15 is 0 Å². The number of halogens is 2. The Hall–Kier alpha value is -1.06. The van der Waals surface area contributed by atoms with Gasteiger partial charge in [0.25, 0.3) is 0 Å². The van der Waals surface area contributed by atoms with E-state index in [1.165, 1.54) is 6.33 Å². The smallest absolute Gasteiger partial charge is 0.147 e. The second-order valence-electron chi connectivity index (χ2n) is 3.40. The number of hydrogen-bond acceptors (Lipinski definition) is 6. The molecule has 3 aromatic rings. The predicted octanol–water partition coefficient (Wildman–Crippen LogP) is 3.48. The molecule has 2 heterocycles.